The van der Waals surface area contributed by atoms with Crippen molar-refractivity contribution in [1.29, 1.82) is 0 Å². The van der Waals surface area contributed by atoms with Crippen molar-refractivity contribution in [3.63, 3.8) is 0 Å². The molecule has 0 amide bonds. The molecule has 2 aliphatic rings. The lowest BCUT2D eigenvalue weighted by atomic mass is 9.71. The zero-order valence-corrected chi connectivity index (χ0v) is 11.8. The van der Waals surface area contributed by atoms with E-state index in [2.05, 4.69) is 37.1 Å². The van der Waals surface area contributed by atoms with Gasteiger partial charge in [0.1, 0.15) is 0 Å². The highest BCUT2D eigenvalue weighted by Gasteiger charge is 2.44. The van der Waals surface area contributed by atoms with Gasteiger partial charge in [-0.15, -0.1) is 0 Å². The fourth-order valence-electron chi connectivity index (χ4n) is 3.33. The van der Waals surface area contributed by atoms with Gasteiger partial charge in [0.2, 0.25) is 0 Å². The molecule has 2 fully saturated rings. The minimum absolute atomic E-state index is 0.599. The van der Waals surface area contributed by atoms with Crippen LogP contribution in [0.2, 0.25) is 0 Å². The summed E-state index contributed by atoms with van der Waals surface area (Å²) >= 11 is 0. The van der Waals surface area contributed by atoms with Crippen molar-refractivity contribution in [2.45, 2.75) is 40.0 Å². The van der Waals surface area contributed by atoms with Crippen molar-refractivity contribution in [3.8, 4) is 0 Å². The van der Waals surface area contributed by atoms with Crippen LogP contribution in [0.3, 0.4) is 0 Å². The van der Waals surface area contributed by atoms with Crippen LogP contribution in [0.5, 0.6) is 0 Å². The average Bonchev–Trinajstić information content (AvgIpc) is 2.27. The summed E-state index contributed by atoms with van der Waals surface area (Å²) in [5.74, 6) is 0.599. The van der Waals surface area contributed by atoms with E-state index in [4.69, 9.17) is 0 Å². The third kappa shape index (κ3) is 2.67. The van der Waals surface area contributed by atoms with E-state index in [0.29, 0.717) is 11.3 Å². The molecule has 2 heterocycles. The number of nitrogens with zero attached hydrogens (tertiary/aromatic N) is 2. The SMILES string of the molecule is C=C(C(C)C)N1CCC2(CC1)CN(CCC)C2. The lowest BCUT2D eigenvalue weighted by molar-refractivity contribution is -0.0416. The molecule has 2 heteroatoms. The van der Waals surface area contributed by atoms with Crippen molar-refractivity contribution in [2.75, 3.05) is 32.7 Å². The van der Waals surface area contributed by atoms with Gasteiger partial charge >= 0.3 is 0 Å². The minimum Gasteiger partial charge on any atom is -0.375 e. The van der Waals surface area contributed by atoms with Crippen LogP contribution < -0.4 is 0 Å². The summed E-state index contributed by atoms with van der Waals surface area (Å²) in [6, 6.07) is 0. The summed E-state index contributed by atoms with van der Waals surface area (Å²) in [5, 5.41) is 0. The van der Waals surface area contributed by atoms with E-state index >= 15 is 0 Å². The van der Waals surface area contributed by atoms with Crippen LogP contribution in [0, 0.1) is 11.3 Å². The maximum Gasteiger partial charge on any atom is 0.0181 e. The molecule has 1 spiro atoms. The van der Waals surface area contributed by atoms with Gasteiger partial charge in [0.05, 0.1) is 0 Å². The molecule has 0 saturated carbocycles. The molecule has 0 unspecified atom stereocenters. The summed E-state index contributed by atoms with van der Waals surface area (Å²) < 4.78 is 0. The standard InChI is InChI=1S/C15H28N2/c1-5-8-16-11-15(12-16)6-9-17(10-7-15)14(4)13(2)3/h13H,4-12H2,1-3H3. The maximum atomic E-state index is 4.23. The number of piperidine rings is 1. The van der Waals surface area contributed by atoms with E-state index in [-0.39, 0.29) is 0 Å². The zero-order chi connectivity index (χ0) is 12.5. The van der Waals surface area contributed by atoms with Crippen LogP contribution in [0.4, 0.5) is 0 Å². The number of hydrogen-bond acceptors (Lipinski definition) is 2. The predicted octanol–water partition coefficient (Wildman–Crippen LogP) is 2.96. The number of hydrogen-bond donors (Lipinski definition) is 0. The smallest absolute Gasteiger partial charge is 0.0181 e. The monoisotopic (exact) mass is 236 g/mol. The summed E-state index contributed by atoms with van der Waals surface area (Å²) in [4.78, 5) is 5.13. The van der Waals surface area contributed by atoms with Gasteiger partial charge in [-0.2, -0.15) is 0 Å². The summed E-state index contributed by atoms with van der Waals surface area (Å²) in [5.41, 5.74) is 2.01. The van der Waals surface area contributed by atoms with Crippen LogP contribution >= 0.6 is 0 Å². The van der Waals surface area contributed by atoms with Crippen LogP contribution in [0.25, 0.3) is 0 Å². The Balaban J connectivity index is 1.78. The normalized spacial score (nSPS) is 24.1. The third-order valence-corrected chi connectivity index (χ3v) is 4.55. The molecule has 2 rings (SSSR count). The Hall–Kier alpha value is -0.500. The Morgan fingerprint density at radius 3 is 2.29 bits per heavy atom. The second-order valence-electron chi connectivity index (χ2n) is 6.34. The van der Waals surface area contributed by atoms with Crippen LogP contribution in [-0.4, -0.2) is 42.5 Å². The van der Waals surface area contributed by atoms with E-state index in [1.165, 1.54) is 57.7 Å². The van der Waals surface area contributed by atoms with Crippen LogP contribution in [-0.2, 0) is 0 Å². The molecule has 98 valence electrons. The van der Waals surface area contributed by atoms with Gasteiger partial charge in [0.25, 0.3) is 0 Å². The van der Waals surface area contributed by atoms with Gasteiger partial charge in [0, 0.05) is 31.9 Å². The van der Waals surface area contributed by atoms with Gasteiger partial charge in [-0.1, -0.05) is 27.4 Å². The first-order valence-electron chi connectivity index (χ1n) is 7.22. The van der Waals surface area contributed by atoms with Crippen LogP contribution in [0.1, 0.15) is 40.0 Å². The van der Waals surface area contributed by atoms with E-state index in [0.717, 1.165) is 0 Å². The fourth-order valence-corrected chi connectivity index (χ4v) is 3.33. The first kappa shape index (κ1) is 12.9. The van der Waals surface area contributed by atoms with Crippen molar-refractivity contribution in [1.82, 2.24) is 9.80 Å². The van der Waals surface area contributed by atoms with Gasteiger partial charge in [-0.05, 0) is 37.1 Å². The molecular formula is C15H28N2. The van der Waals surface area contributed by atoms with Crippen molar-refractivity contribution >= 4 is 0 Å². The maximum absolute atomic E-state index is 4.23. The molecule has 0 atom stereocenters. The Labute approximate surface area is 107 Å². The van der Waals surface area contributed by atoms with Crippen molar-refractivity contribution in [2.24, 2.45) is 11.3 Å². The van der Waals surface area contributed by atoms with E-state index in [1.54, 1.807) is 0 Å². The van der Waals surface area contributed by atoms with Crippen molar-refractivity contribution < 1.29 is 0 Å². The molecule has 0 N–H and O–H groups in total. The Kier molecular flexibility index (Phi) is 3.82. The molecule has 0 radical (unpaired) electrons. The molecule has 0 aliphatic carbocycles. The van der Waals surface area contributed by atoms with E-state index < -0.39 is 0 Å². The molecule has 0 aromatic rings. The van der Waals surface area contributed by atoms with Crippen LogP contribution in [0.15, 0.2) is 12.3 Å². The minimum atomic E-state index is 0.599. The fraction of sp³-hybridized carbons (Fsp3) is 0.867. The Bertz CT molecular complexity index is 267. The Morgan fingerprint density at radius 2 is 1.82 bits per heavy atom. The third-order valence-electron chi connectivity index (χ3n) is 4.55. The molecule has 0 aromatic carbocycles. The van der Waals surface area contributed by atoms with Gasteiger partial charge < -0.3 is 9.80 Å². The topological polar surface area (TPSA) is 6.48 Å². The first-order chi connectivity index (χ1) is 8.06. The second-order valence-corrected chi connectivity index (χ2v) is 6.34. The average molecular weight is 236 g/mol. The second kappa shape index (κ2) is 5.01. The van der Waals surface area contributed by atoms with E-state index in [9.17, 15) is 0 Å². The molecule has 2 aliphatic heterocycles. The van der Waals surface area contributed by atoms with E-state index in [1.807, 2.05) is 0 Å². The Morgan fingerprint density at radius 1 is 1.24 bits per heavy atom. The van der Waals surface area contributed by atoms with Gasteiger partial charge in [0.15, 0.2) is 0 Å². The molecule has 2 saturated heterocycles. The molecular weight excluding hydrogens is 208 g/mol. The van der Waals surface area contributed by atoms with Crippen molar-refractivity contribution in [3.05, 3.63) is 12.3 Å². The molecule has 2 nitrogen and oxygen atoms in total. The summed E-state index contributed by atoms with van der Waals surface area (Å²) in [7, 11) is 0. The number of rotatable bonds is 4. The lowest BCUT2D eigenvalue weighted by Crippen LogP contribution is -2.60. The largest absolute Gasteiger partial charge is 0.375 e. The first-order valence-corrected chi connectivity index (χ1v) is 7.22. The predicted molar refractivity (Wildman–Crippen MR) is 73.9 cm³/mol. The molecule has 0 aromatic heterocycles. The molecule has 17 heavy (non-hydrogen) atoms. The molecule has 0 bridgehead atoms. The summed E-state index contributed by atoms with van der Waals surface area (Å²) in [6.07, 6.45) is 4.05. The van der Waals surface area contributed by atoms with Gasteiger partial charge in [-0.3, -0.25) is 0 Å². The van der Waals surface area contributed by atoms with Gasteiger partial charge in [-0.25, -0.2) is 0 Å². The zero-order valence-electron chi connectivity index (χ0n) is 11.8. The number of allylic oxidation sites excluding steroid dienone is 1. The highest BCUT2D eigenvalue weighted by Crippen LogP contribution is 2.41. The lowest BCUT2D eigenvalue weighted by Gasteiger charge is -2.55. The quantitative estimate of drug-likeness (QED) is 0.740. The highest BCUT2D eigenvalue weighted by atomic mass is 15.2. The summed E-state index contributed by atoms with van der Waals surface area (Å²) in [6.45, 7) is 17.5. The number of likely N-dealkylation sites (tertiary alicyclic amines) is 2. The highest BCUT2D eigenvalue weighted by molar-refractivity contribution is 5.04.